The number of fused-ring (bicyclic) bond motifs is 1. The molecule has 2 rings (SSSR count). The molecule has 0 fully saturated rings. The van der Waals surface area contributed by atoms with Crippen molar-refractivity contribution in [3.8, 4) is 0 Å². The summed E-state index contributed by atoms with van der Waals surface area (Å²) in [4.78, 5) is 14.2. The molecule has 2 atom stereocenters. The predicted octanol–water partition coefficient (Wildman–Crippen LogP) is 1.60. The van der Waals surface area contributed by atoms with Crippen LogP contribution in [0.1, 0.15) is 25.0 Å². The van der Waals surface area contributed by atoms with E-state index in [9.17, 15) is 4.79 Å². The Morgan fingerprint density at radius 2 is 1.78 bits per heavy atom. The molecular formula is C15H22N2O. The van der Waals surface area contributed by atoms with E-state index in [0.29, 0.717) is 0 Å². The van der Waals surface area contributed by atoms with Crippen LogP contribution in [-0.4, -0.2) is 29.9 Å². The Morgan fingerprint density at radius 3 is 2.22 bits per heavy atom. The van der Waals surface area contributed by atoms with Crippen LogP contribution < -0.4 is 5.73 Å². The van der Waals surface area contributed by atoms with Gasteiger partial charge in [-0.1, -0.05) is 31.2 Å². The lowest BCUT2D eigenvalue weighted by molar-refractivity contribution is -0.136. The Balaban J connectivity index is 2.05. The summed E-state index contributed by atoms with van der Waals surface area (Å²) in [6.45, 7) is 3.80. The van der Waals surface area contributed by atoms with Crippen molar-refractivity contribution in [3.63, 3.8) is 0 Å². The van der Waals surface area contributed by atoms with E-state index in [1.165, 1.54) is 11.1 Å². The van der Waals surface area contributed by atoms with Gasteiger partial charge in [0.05, 0.1) is 5.92 Å². The van der Waals surface area contributed by atoms with E-state index in [2.05, 4.69) is 24.3 Å². The van der Waals surface area contributed by atoms with Crippen LogP contribution in [0, 0.1) is 5.92 Å². The van der Waals surface area contributed by atoms with Crippen molar-refractivity contribution in [2.75, 3.05) is 7.05 Å². The van der Waals surface area contributed by atoms with E-state index in [0.717, 1.165) is 12.8 Å². The lowest BCUT2D eigenvalue weighted by atomic mass is 10.0. The second-order valence-electron chi connectivity index (χ2n) is 5.43. The standard InChI is InChI=1S/C15H22N2O/c1-10(11(2)16)15(18)17(3)14-8-12-6-4-5-7-13(12)9-14/h4-7,10-11,14H,8-9,16H2,1-3H3. The normalized spacial score (nSPS) is 18.2. The van der Waals surface area contributed by atoms with Crippen LogP contribution in [-0.2, 0) is 17.6 Å². The fourth-order valence-corrected chi connectivity index (χ4v) is 2.54. The number of hydrogen-bond acceptors (Lipinski definition) is 2. The van der Waals surface area contributed by atoms with Crippen molar-refractivity contribution in [2.24, 2.45) is 11.7 Å². The first-order chi connectivity index (χ1) is 8.50. The molecule has 0 spiro atoms. The van der Waals surface area contributed by atoms with Crippen molar-refractivity contribution in [2.45, 2.75) is 38.8 Å². The molecule has 0 heterocycles. The number of carbonyl (C=O) groups is 1. The number of nitrogens with zero attached hydrogens (tertiary/aromatic N) is 1. The topological polar surface area (TPSA) is 46.3 Å². The molecule has 0 aliphatic heterocycles. The number of nitrogens with two attached hydrogens (primary N) is 1. The summed E-state index contributed by atoms with van der Waals surface area (Å²) in [5.74, 6) is 0.0431. The van der Waals surface area contributed by atoms with Gasteiger partial charge in [0.2, 0.25) is 5.91 Å². The molecule has 1 aliphatic rings. The van der Waals surface area contributed by atoms with Gasteiger partial charge in [-0.05, 0) is 30.9 Å². The van der Waals surface area contributed by atoms with Crippen molar-refractivity contribution >= 4 is 5.91 Å². The highest BCUT2D eigenvalue weighted by Gasteiger charge is 2.30. The molecule has 18 heavy (non-hydrogen) atoms. The van der Waals surface area contributed by atoms with E-state index < -0.39 is 0 Å². The largest absolute Gasteiger partial charge is 0.342 e. The van der Waals surface area contributed by atoms with Gasteiger partial charge in [-0.3, -0.25) is 4.79 Å². The summed E-state index contributed by atoms with van der Waals surface area (Å²) in [6.07, 6.45) is 1.92. The molecule has 2 N–H and O–H groups in total. The summed E-state index contributed by atoms with van der Waals surface area (Å²) in [5.41, 5.74) is 8.55. The van der Waals surface area contributed by atoms with Gasteiger partial charge in [0, 0.05) is 19.1 Å². The van der Waals surface area contributed by atoms with Crippen LogP contribution >= 0.6 is 0 Å². The number of benzene rings is 1. The molecule has 2 unspecified atom stereocenters. The van der Waals surface area contributed by atoms with Gasteiger partial charge in [-0.25, -0.2) is 0 Å². The van der Waals surface area contributed by atoms with E-state index in [1.807, 2.05) is 25.8 Å². The molecule has 1 amide bonds. The van der Waals surface area contributed by atoms with E-state index in [-0.39, 0.29) is 23.9 Å². The third kappa shape index (κ3) is 2.41. The number of rotatable bonds is 3. The molecule has 3 heteroatoms. The Morgan fingerprint density at radius 1 is 1.28 bits per heavy atom. The van der Waals surface area contributed by atoms with Gasteiger partial charge in [-0.15, -0.1) is 0 Å². The molecule has 0 aromatic heterocycles. The third-order valence-corrected chi connectivity index (χ3v) is 4.10. The first kappa shape index (κ1) is 13.1. The Bertz CT molecular complexity index is 417. The molecule has 1 aliphatic carbocycles. The highest BCUT2D eigenvalue weighted by Crippen LogP contribution is 2.25. The minimum absolute atomic E-state index is 0.0938. The van der Waals surface area contributed by atoms with Gasteiger partial charge in [0.1, 0.15) is 0 Å². The number of likely N-dealkylation sites (N-methyl/N-ethyl adjacent to an activating group) is 1. The van der Waals surface area contributed by atoms with Gasteiger partial charge < -0.3 is 10.6 Å². The van der Waals surface area contributed by atoms with Crippen molar-refractivity contribution < 1.29 is 4.79 Å². The molecule has 0 saturated heterocycles. The maximum Gasteiger partial charge on any atom is 0.226 e. The monoisotopic (exact) mass is 246 g/mol. The van der Waals surface area contributed by atoms with Gasteiger partial charge in [0.15, 0.2) is 0 Å². The lowest BCUT2D eigenvalue weighted by Gasteiger charge is -2.28. The maximum absolute atomic E-state index is 12.3. The fraction of sp³-hybridized carbons (Fsp3) is 0.533. The second kappa shape index (κ2) is 5.11. The minimum Gasteiger partial charge on any atom is -0.342 e. The summed E-state index contributed by atoms with van der Waals surface area (Å²) >= 11 is 0. The molecule has 0 saturated carbocycles. The first-order valence-corrected chi connectivity index (χ1v) is 6.59. The molecule has 1 aromatic rings. The second-order valence-corrected chi connectivity index (χ2v) is 5.43. The molecule has 3 nitrogen and oxygen atoms in total. The maximum atomic E-state index is 12.3. The van der Waals surface area contributed by atoms with Crippen LogP contribution in [0.4, 0.5) is 0 Å². The molecule has 0 bridgehead atoms. The van der Waals surface area contributed by atoms with E-state index in [4.69, 9.17) is 5.73 Å². The average Bonchev–Trinajstić information content (AvgIpc) is 2.79. The van der Waals surface area contributed by atoms with E-state index >= 15 is 0 Å². The smallest absolute Gasteiger partial charge is 0.226 e. The Kier molecular flexibility index (Phi) is 3.71. The van der Waals surface area contributed by atoms with Crippen LogP contribution in [0.3, 0.4) is 0 Å². The molecule has 98 valence electrons. The van der Waals surface area contributed by atoms with Gasteiger partial charge in [0.25, 0.3) is 0 Å². The quantitative estimate of drug-likeness (QED) is 0.880. The number of amides is 1. The van der Waals surface area contributed by atoms with E-state index in [1.54, 1.807) is 0 Å². The zero-order chi connectivity index (χ0) is 13.3. The minimum atomic E-state index is -0.112. The van der Waals surface area contributed by atoms with Crippen LogP contribution in [0.5, 0.6) is 0 Å². The summed E-state index contributed by atoms with van der Waals surface area (Å²) in [6, 6.07) is 8.63. The van der Waals surface area contributed by atoms with Gasteiger partial charge >= 0.3 is 0 Å². The van der Waals surface area contributed by atoms with Crippen LogP contribution in [0.25, 0.3) is 0 Å². The fourth-order valence-electron chi connectivity index (χ4n) is 2.54. The highest BCUT2D eigenvalue weighted by molar-refractivity contribution is 5.79. The molecule has 1 aromatic carbocycles. The molecular weight excluding hydrogens is 224 g/mol. The SMILES string of the molecule is CC(N)C(C)C(=O)N(C)C1Cc2ccccc2C1. The zero-order valence-corrected chi connectivity index (χ0v) is 11.4. The highest BCUT2D eigenvalue weighted by atomic mass is 16.2. The zero-order valence-electron chi connectivity index (χ0n) is 11.4. The van der Waals surface area contributed by atoms with Gasteiger partial charge in [-0.2, -0.15) is 0 Å². The van der Waals surface area contributed by atoms with Crippen molar-refractivity contribution in [1.82, 2.24) is 4.90 Å². The average molecular weight is 246 g/mol. The van der Waals surface area contributed by atoms with Crippen molar-refractivity contribution in [1.29, 1.82) is 0 Å². The van der Waals surface area contributed by atoms with Crippen LogP contribution in [0.15, 0.2) is 24.3 Å². The Hall–Kier alpha value is -1.35. The number of carbonyl (C=O) groups excluding carboxylic acids is 1. The summed E-state index contributed by atoms with van der Waals surface area (Å²) < 4.78 is 0. The number of hydrogen-bond donors (Lipinski definition) is 1. The predicted molar refractivity (Wildman–Crippen MR) is 73.2 cm³/mol. The summed E-state index contributed by atoms with van der Waals surface area (Å²) in [7, 11) is 1.90. The van der Waals surface area contributed by atoms with Crippen molar-refractivity contribution in [3.05, 3.63) is 35.4 Å². The summed E-state index contributed by atoms with van der Waals surface area (Å²) in [5, 5.41) is 0. The Labute approximate surface area is 109 Å². The third-order valence-electron chi connectivity index (χ3n) is 4.10. The first-order valence-electron chi connectivity index (χ1n) is 6.59. The molecule has 0 radical (unpaired) electrons. The lowest BCUT2D eigenvalue weighted by Crippen LogP contribution is -2.45. The van der Waals surface area contributed by atoms with Crippen LogP contribution in [0.2, 0.25) is 0 Å².